The van der Waals surface area contributed by atoms with Crippen molar-refractivity contribution >= 4 is 0 Å². The van der Waals surface area contributed by atoms with Gasteiger partial charge >= 0.3 is 0 Å². The molecule has 0 fully saturated rings. The monoisotopic (exact) mass is 215 g/mol. The molecule has 0 aliphatic carbocycles. The molecule has 1 rings (SSSR count). The molecule has 1 aromatic rings. The lowest BCUT2D eigenvalue weighted by atomic mass is 9.97. The lowest BCUT2D eigenvalue weighted by molar-refractivity contribution is 0.620. The molecule has 1 aromatic carbocycles. The molecule has 0 saturated carbocycles. The number of benzene rings is 1. The SMILES string of the molecule is C#CCCCC(N)c1ccc(C(C)C)cc1. The summed E-state index contributed by atoms with van der Waals surface area (Å²) in [5, 5.41) is 0. The molecule has 0 saturated heterocycles. The lowest BCUT2D eigenvalue weighted by Gasteiger charge is -2.12. The molecule has 0 bridgehead atoms. The molecule has 0 radical (unpaired) electrons. The van der Waals surface area contributed by atoms with Crippen LogP contribution in [0.2, 0.25) is 0 Å². The van der Waals surface area contributed by atoms with Crippen LogP contribution in [0.15, 0.2) is 24.3 Å². The van der Waals surface area contributed by atoms with Gasteiger partial charge < -0.3 is 5.73 Å². The summed E-state index contributed by atoms with van der Waals surface area (Å²) in [6.07, 6.45) is 8.00. The fraction of sp³-hybridized carbons (Fsp3) is 0.467. The van der Waals surface area contributed by atoms with Gasteiger partial charge in [-0.1, -0.05) is 38.1 Å². The number of nitrogens with two attached hydrogens (primary N) is 1. The smallest absolute Gasteiger partial charge is 0.0295 e. The van der Waals surface area contributed by atoms with Crippen molar-refractivity contribution in [3.05, 3.63) is 35.4 Å². The van der Waals surface area contributed by atoms with E-state index in [1.807, 2.05) is 0 Å². The van der Waals surface area contributed by atoms with Gasteiger partial charge in [-0.3, -0.25) is 0 Å². The second kappa shape index (κ2) is 6.35. The standard InChI is InChI=1S/C15H21N/c1-4-5-6-7-15(16)14-10-8-13(9-11-14)12(2)3/h1,8-12,15H,5-7,16H2,2-3H3. The van der Waals surface area contributed by atoms with E-state index in [4.69, 9.17) is 12.2 Å². The third kappa shape index (κ3) is 3.72. The summed E-state index contributed by atoms with van der Waals surface area (Å²) in [5.41, 5.74) is 8.66. The van der Waals surface area contributed by atoms with Crippen LogP contribution in [0.25, 0.3) is 0 Å². The van der Waals surface area contributed by atoms with Crippen molar-refractivity contribution in [3.8, 4) is 12.3 Å². The second-order valence-electron chi connectivity index (χ2n) is 4.52. The fourth-order valence-electron chi connectivity index (χ4n) is 1.72. The first kappa shape index (κ1) is 12.8. The zero-order valence-corrected chi connectivity index (χ0v) is 10.2. The molecule has 1 atom stereocenters. The highest BCUT2D eigenvalue weighted by Crippen LogP contribution is 2.20. The Morgan fingerprint density at radius 1 is 1.19 bits per heavy atom. The molecule has 2 N–H and O–H groups in total. The van der Waals surface area contributed by atoms with E-state index in [2.05, 4.69) is 44.0 Å². The van der Waals surface area contributed by atoms with E-state index in [1.54, 1.807) is 0 Å². The first-order valence-corrected chi connectivity index (χ1v) is 5.94. The largest absolute Gasteiger partial charge is 0.324 e. The van der Waals surface area contributed by atoms with Crippen LogP contribution in [0.1, 0.15) is 56.2 Å². The highest BCUT2D eigenvalue weighted by molar-refractivity contribution is 5.26. The molecule has 0 spiro atoms. The Bertz CT molecular complexity index is 343. The number of hydrogen-bond acceptors (Lipinski definition) is 1. The molecular weight excluding hydrogens is 194 g/mol. The number of terminal acetylenes is 1. The maximum absolute atomic E-state index is 6.09. The van der Waals surface area contributed by atoms with Crippen molar-refractivity contribution in [2.24, 2.45) is 5.73 Å². The molecular formula is C15H21N. The minimum atomic E-state index is 0.120. The van der Waals surface area contributed by atoms with Crippen LogP contribution in [0.3, 0.4) is 0 Å². The Labute approximate surface area is 99.1 Å². The molecule has 86 valence electrons. The highest BCUT2D eigenvalue weighted by atomic mass is 14.6. The summed E-state index contributed by atoms with van der Waals surface area (Å²) in [4.78, 5) is 0. The van der Waals surface area contributed by atoms with Crippen LogP contribution in [-0.4, -0.2) is 0 Å². The second-order valence-corrected chi connectivity index (χ2v) is 4.52. The van der Waals surface area contributed by atoms with Gasteiger partial charge in [-0.05, 0) is 29.9 Å². The Balaban J connectivity index is 2.56. The average molecular weight is 215 g/mol. The molecule has 0 aliphatic rings. The van der Waals surface area contributed by atoms with E-state index in [-0.39, 0.29) is 6.04 Å². The van der Waals surface area contributed by atoms with E-state index in [9.17, 15) is 0 Å². The minimum absolute atomic E-state index is 0.120. The number of rotatable bonds is 5. The fourth-order valence-corrected chi connectivity index (χ4v) is 1.72. The Kier molecular flexibility index (Phi) is 5.08. The quantitative estimate of drug-likeness (QED) is 0.589. The van der Waals surface area contributed by atoms with E-state index >= 15 is 0 Å². The van der Waals surface area contributed by atoms with Crippen molar-refractivity contribution in [2.45, 2.75) is 45.1 Å². The third-order valence-electron chi connectivity index (χ3n) is 2.87. The number of unbranched alkanes of at least 4 members (excludes halogenated alkanes) is 1. The van der Waals surface area contributed by atoms with Crippen LogP contribution >= 0.6 is 0 Å². The van der Waals surface area contributed by atoms with Crippen molar-refractivity contribution < 1.29 is 0 Å². The summed E-state index contributed by atoms with van der Waals surface area (Å²) < 4.78 is 0. The van der Waals surface area contributed by atoms with E-state index in [0.29, 0.717) is 5.92 Å². The predicted octanol–water partition coefficient (Wildman–Crippen LogP) is 3.61. The molecule has 0 heterocycles. The van der Waals surface area contributed by atoms with Crippen molar-refractivity contribution in [2.75, 3.05) is 0 Å². The minimum Gasteiger partial charge on any atom is -0.324 e. The van der Waals surface area contributed by atoms with Crippen LogP contribution in [0.4, 0.5) is 0 Å². The number of hydrogen-bond donors (Lipinski definition) is 1. The van der Waals surface area contributed by atoms with Gasteiger partial charge in [-0.25, -0.2) is 0 Å². The van der Waals surface area contributed by atoms with Crippen molar-refractivity contribution in [1.29, 1.82) is 0 Å². The first-order chi connectivity index (χ1) is 7.65. The zero-order valence-electron chi connectivity index (χ0n) is 10.2. The molecule has 1 nitrogen and oxygen atoms in total. The van der Waals surface area contributed by atoms with Gasteiger partial charge in [0.1, 0.15) is 0 Å². The van der Waals surface area contributed by atoms with Gasteiger partial charge in [0.15, 0.2) is 0 Å². The van der Waals surface area contributed by atoms with Gasteiger partial charge in [-0.15, -0.1) is 12.3 Å². The molecule has 1 heteroatoms. The summed E-state index contributed by atoms with van der Waals surface area (Å²) >= 11 is 0. The average Bonchev–Trinajstić information content (AvgIpc) is 2.29. The predicted molar refractivity (Wildman–Crippen MR) is 70.1 cm³/mol. The molecule has 0 aromatic heterocycles. The van der Waals surface area contributed by atoms with Gasteiger partial charge in [0, 0.05) is 12.5 Å². The Morgan fingerprint density at radius 2 is 1.75 bits per heavy atom. The molecule has 0 aliphatic heterocycles. The normalized spacial score (nSPS) is 12.4. The molecule has 16 heavy (non-hydrogen) atoms. The van der Waals surface area contributed by atoms with E-state index in [0.717, 1.165) is 19.3 Å². The highest BCUT2D eigenvalue weighted by Gasteiger charge is 2.06. The van der Waals surface area contributed by atoms with Gasteiger partial charge in [-0.2, -0.15) is 0 Å². The molecule has 1 unspecified atom stereocenters. The summed E-state index contributed by atoms with van der Waals surface area (Å²) in [6, 6.07) is 8.72. The summed E-state index contributed by atoms with van der Waals surface area (Å²) in [7, 11) is 0. The third-order valence-corrected chi connectivity index (χ3v) is 2.87. The maximum atomic E-state index is 6.09. The zero-order chi connectivity index (χ0) is 12.0. The van der Waals surface area contributed by atoms with E-state index in [1.165, 1.54) is 11.1 Å². The van der Waals surface area contributed by atoms with Crippen LogP contribution in [0.5, 0.6) is 0 Å². The summed E-state index contributed by atoms with van der Waals surface area (Å²) in [5.74, 6) is 3.22. The van der Waals surface area contributed by atoms with Crippen LogP contribution in [0, 0.1) is 12.3 Å². The lowest BCUT2D eigenvalue weighted by Crippen LogP contribution is -2.10. The van der Waals surface area contributed by atoms with Crippen LogP contribution in [-0.2, 0) is 0 Å². The van der Waals surface area contributed by atoms with Gasteiger partial charge in [0.05, 0.1) is 0 Å². The summed E-state index contributed by atoms with van der Waals surface area (Å²) in [6.45, 7) is 4.39. The topological polar surface area (TPSA) is 26.0 Å². The van der Waals surface area contributed by atoms with Gasteiger partial charge in [0.2, 0.25) is 0 Å². The van der Waals surface area contributed by atoms with Gasteiger partial charge in [0.25, 0.3) is 0 Å². The maximum Gasteiger partial charge on any atom is 0.0295 e. The Hall–Kier alpha value is -1.26. The Morgan fingerprint density at radius 3 is 2.25 bits per heavy atom. The van der Waals surface area contributed by atoms with Crippen molar-refractivity contribution in [1.82, 2.24) is 0 Å². The molecule has 0 amide bonds. The first-order valence-electron chi connectivity index (χ1n) is 5.94. The van der Waals surface area contributed by atoms with Crippen molar-refractivity contribution in [3.63, 3.8) is 0 Å². The van der Waals surface area contributed by atoms with Crippen LogP contribution < -0.4 is 5.73 Å². The van der Waals surface area contributed by atoms with E-state index < -0.39 is 0 Å².